The van der Waals surface area contributed by atoms with Gasteiger partial charge in [0.05, 0.1) is 17.8 Å². The lowest BCUT2D eigenvalue weighted by Gasteiger charge is -2.04. The molecule has 1 aromatic heterocycles. The molecule has 0 saturated heterocycles. The van der Waals surface area contributed by atoms with Gasteiger partial charge in [0.15, 0.2) is 0 Å². The van der Waals surface area contributed by atoms with E-state index >= 15 is 0 Å². The molecule has 0 atom stereocenters. The average Bonchev–Trinajstić information content (AvgIpc) is 2.83. The van der Waals surface area contributed by atoms with Crippen molar-refractivity contribution < 1.29 is 9.32 Å². The van der Waals surface area contributed by atoms with E-state index in [-0.39, 0.29) is 5.91 Å². The Kier molecular flexibility index (Phi) is 3.39. The number of hydrogen-bond donors (Lipinski definition) is 1. The number of hydrogen-bond acceptors (Lipinski definition) is 4. The number of amides is 1. The Bertz CT molecular complexity index is 593. The number of aromatic nitrogens is 1. The van der Waals surface area contributed by atoms with Gasteiger partial charge in [0.2, 0.25) is 0 Å². The van der Waals surface area contributed by atoms with E-state index in [0.29, 0.717) is 23.4 Å². The number of aryl methyl sites for hydroxylation is 1. The highest BCUT2D eigenvalue weighted by atomic mass is 16.5. The maximum atomic E-state index is 11.8. The van der Waals surface area contributed by atoms with Crippen molar-refractivity contribution in [2.75, 3.05) is 0 Å². The minimum Gasteiger partial charge on any atom is -0.361 e. The fourth-order valence-corrected chi connectivity index (χ4v) is 1.49. The normalized spacial score (nSPS) is 9.78. The Morgan fingerprint density at radius 3 is 2.72 bits per heavy atom. The molecule has 0 radical (unpaired) electrons. The predicted molar refractivity (Wildman–Crippen MR) is 63.6 cm³/mol. The standard InChI is InChI=1S/C13H11N3O2/c1-9-12(8-16-18-9)13(17)15-7-11-4-2-10(6-14)3-5-11/h2-5,8H,7H2,1H3,(H,15,17). The second-order valence-electron chi connectivity index (χ2n) is 3.79. The molecular formula is C13H11N3O2. The second kappa shape index (κ2) is 5.15. The molecule has 0 aliphatic rings. The zero-order chi connectivity index (χ0) is 13.0. The molecule has 1 N–H and O–H groups in total. The van der Waals surface area contributed by atoms with Gasteiger partial charge >= 0.3 is 0 Å². The number of carbonyl (C=O) groups excluding carboxylic acids is 1. The van der Waals surface area contributed by atoms with Crippen LogP contribution < -0.4 is 5.32 Å². The van der Waals surface area contributed by atoms with Crippen LogP contribution in [0.3, 0.4) is 0 Å². The summed E-state index contributed by atoms with van der Waals surface area (Å²) in [5.74, 6) is 0.269. The summed E-state index contributed by atoms with van der Waals surface area (Å²) in [6.07, 6.45) is 1.39. The van der Waals surface area contributed by atoms with Crippen molar-refractivity contribution in [2.24, 2.45) is 0 Å². The van der Waals surface area contributed by atoms with Crippen molar-refractivity contribution in [2.45, 2.75) is 13.5 Å². The first-order chi connectivity index (χ1) is 8.70. The van der Waals surface area contributed by atoms with Crippen LogP contribution in [0.2, 0.25) is 0 Å². The summed E-state index contributed by atoms with van der Waals surface area (Å²) in [7, 11) is 0. The van der Waals surface area contributed by atoms with Gasteiger partial charge in [-0.1, -0.05) is 17.3 Å². The van der Waals surface area contributed by atoms with Gasteiger partial charge in [-0.25, -0.2) is 0 Å². The molecule has 1 amide bonds. The SMILES string of the molecule is Cc1oncc1C(=O)NCc1ccc(C#N)cc1. The number of nitrogens with one attached hydrogen (secondary N) is 1. The van der Waals surface area contributed by atoms with Crippen LogP contribution in [0.5, 0.6) is 0 Å². The van der Waals surface area contributed by atoms with Gasteiger partial charge in [-0.15, -0.1) is 0 Å². The lowest BCUT2D eigenvalue weighted by molar-refractivity contribution is 0.0949. The van der Waals surface area contributed by atoms with Gasteiger partial charge in [-0.2, -0.15) is 5.26 Å². The molecule has 90 valence electrons. The van der Waals surface area contributed by atoms with E-state index in [2.05, 4.69) is 10.5 Å². The summed E-state index contributed by atoms with van der Waals surface area (Å²) in [6.45, 7) is 2.08. The van der Waals surface area contributed by atoms with Crippen LogP contribution in [-0.2, 0) is 6.54 Å². The van der Waals surface area contributed by atoms with Crippen molar-refractivity contribution in [3.8, 4) is 6.07 Å². The zero-order valence-electron chi connectivity index (χ0n) is 9.80. The largest absolute Gasteiger partial charge is 0.361 e. The van der Waals surface area contributed by atoms with Crippen LogP contribution in [-0.4, -0.2) is 11.1 Å². The van der Waals surface area contributed by atoms with Crippen molar-refractivity contribution in [3.05, 3.63) is 52.9 Å². The molecule has 0 aliphatic carbocycles. The topological polar surface area (TPSA) is 78.9 Å². The maximum absolute atomic E-state index is 11.8. The maximum Gasteiger partial charge on any atom is 0.256 e. The molecule has 0 fully saturated rings. The monoisotopic (exact) mass is 241 g/mol. The van der Waals surface area contributed by atoms with Crippen molar-refractivity contribution >= 4 is 5.91 Å². The number of benzene rings is 1. The Balaban J connectivity index is 1.97. The summed E-state index contributed by atoms with van der Waals surface area (Å²) >= 11 is 0. The van der Waals surface area contributed by atoms with Crippen LogP contribution >= 0.6 is 0 Å². The van der Waals surface area contributed by atoms with E-state index < -0.39 is 0 Å². The van der Waals surface area contributed by atoms with E-state index in [9.17, 15) is 4.79 Å². The smallest absolute Gasteiger partial charge is 0.256 e. The number of rotatable bonds is 3. The first-order valence-corrected chi connectivity index (χ1v) is 5.39. The predicted octanol–water partition coefficient (Wildman–Crippen LogP) is 1.78. The van der Waals surface area contributed by atoms with Gasteiger partial charge in [0, 0.05) is 6.54 Å². The number of nitrogens with zero attached hydrogens (tertiary/aromatic N) is 2. The van der Waals surface area contributed by atoms with Crippen molar-refractivity contribution in [1.82, 2.24) is 10.5 Å². The van der Waals surface area contributed by atoms with E-state index in [1.54, 1.807) is 31.2 Å². The molecule has 1 heterocycles. The average molecular weight is 241 g/mol. The van der Waals surface area contributed by atoms with Crippen LogP contribution in [0.25, 0.3) is 0 Å². The highest BCUT2D eigenvalue weighted by Gasteiger charge is 2.11. The number of carbonyl (C=O) groups is 1. The van der Waals surface area contributed by atoms with Gasteiger partial charge in [0.25, 0.3) is 5.91 Å². The fraction of sp³-hybridized carbons (Fsp3) is 0.154. The molecule has 18 heavy (non-hydrogen) atoms. The van der Waals surface area contributed by atoms with Crippen molar-refractivity contribution in [1.29, 1.82) is 5.26 Å². The van der Waals surface area contributed by atoms with Gasteiger partial charge in [0.1, 0.15) is 11.3 Å². The molecule has 2 aromatic rings. The highest BCUT2D eigenvalue weighted by molar-refractivity contribution is 5.94. The molecule has 1 aromatic carbocycles. The first-order valence-electron chi connectivity index (χ1n) is 5.39. The molecule has 0 saturated carbocycles. The molecule has 0 bridgehead atoms. The van der Waals surface area contributed by atoms with Gasteiger partial charge in [-0.3, -0.25) is 4.79 Å². The Morgan fingerprint density at radius 1 is 1.44 bits per heavy atom. The molecular weight excluding hydrogens is 230 g/mol. The summed E-state index contributed by atoms with van der Waals surface area (Å²) in [6, 6.07) is 9.08. The summed E-state index contributed by atoms with van der Waals surface area (Å²) in [5.41, 5.74) is 1.96. The Morgan fingerprint density at radius 2 is 2.17 bits per heavy atom. The van der Waals surface area contributed by atoms with E-state index in [4.69, 9.17) is 9.78 Å². The van der Waals surface area contributed by atoms with Crippen LogP contribution in [0.15, 0.2) is 35.0 Å². The summed E-state index contributed by atoms with van der Waals surface area (Å²) in [4.78, 5) is 11.8. The Labute approximate surface area is 104 Å². The van der Waals surface area contributed by atoms with Gasteiger partial charge < -0.3 is 9.84 Å². The molecule has 5 nitrogen and oxygen atoms in total. The van der Waals surface area contributed by atoms with E-state index in [1.165, 1.54) is 6.20 Å². The molecule has 0 spiro atoms. The Hall–Kier alpha value is -2.61. The third-order valence-electron chi connectivity index (χ3n) is 2.53. The lowest BCUT2D eigenvalue weighted by Crippen LogP contribution is -2.22. The lowest BCUT2D eigenvalue weighted by atomic mass is 10.1. The minimum atomic E-state index is -0.224. The summed E-state index contributed by atoms with van der Waals surface area (Å²) in [5, 5.41) is 15.0. The highest BCUT2D eigenvalue weighted by Crippen LogP contribution is 2.07. The third-order valence-corrected chi connectivity index (χ3v) is 2.53. The second-order valence-corrected chi connectivity index (χ2v) is 3.79. The molecule has 0 unspecified atom stereocenters. The van der Waals surface area contributed by atoms with E-state index in [0.717, 1.165) is 5.56 Å². The van der Waals surface area contributed by atoms with E-state index in [1.807, 2.05) is 6.07 Å². The molecule has 2 rings (SSSR count). The van der Waals surface area contributed by atoms with Crippen LogP contribution in [0.1, 0.15) is 27.2 Å². The number of nitriles is 1. The quantitative estimate of drug-likeness (QED) is 0.888. The third kappa shape index (κ3) is 2.55. The minimum absolute atomic E-state index is 0.224. The van der Waals surface area contributed by atoms with Crippen molar-refractivity contribution in [3.63, 3.8) is 0 Å². The first kappa shape index (κ1) is 11.9. The molecule has 5 heteroatoms. The van der Waals surface area contributed by atoms with Gasteiger partial charge in [-0.05, 0) is 24.6 Å². The molecule has 0 aliphatic heterocycles. The van der Waals surface area contributed by atoms with Crippen LogP contribution in [0, 0.1) is 18.3 Å². The van der Waals surface area contributed by atoms with Crippen LogP contribution in [0.4, 0.5) is 0 Å². The zero-order valence-corrected chi connectivity index (χ0v) is 9.80. The fourth-order valence-electron chi connectivity index (χ4n) is 1.49. The summed E-state index contributed by atoms with van der Waals surface area (Å²) < 4.78 is 4.82.